The number of carbonyl (C=O) groups excluding carboxylic acids is 1. The predicted octanol–water partition coefficient (Wildman–Crippen LogP) is -1.48. The number of aromatic nitrogens is 2. The zero-order valence-electron chi connectivity index (χ0n) is 14.4. The molecule has 1 amide bonds. The molecule has 1 saturated heterocycles. The minimum absolute atomic E-state index is 0.0338. The lowest BCUT2D eigenvalue weighted by molar-refractivity contribution is -0.140. The molecule has 26 heavy (non-hydrogen) atoms. The van der Waals surface area contributed by atoms with E-state index in [1.807, 2.05) is 0 Å². The number of nitrogens with two attached hydrogens (primary N) is 1. The standard InChI is InChI=1S/C15H22N4O7/c1-7-12(21)9(6-25-2)26-13(7)19-4-3-10(18-15(19)24)17-11(20)5-8(16)14(22)23/h3-4,7-9,12-13,21H,5-6,16H2,1-2H3,(H,22,23)(H,17,18,20,24)/t7-,8+,9-,12?,13-/m1/s1. The monoisotopic (exact) mass is 370 g/mol. The third kappa shape index (κ3) is 4.43. The van der Waals surface area contributed by atoms with Gasteiger partial charge in [-0.25, -0.2) is 4.79 Å². The summed E-state index contributed by atoms with van der Waals surface area (Å²) in [6.07, 6.45) is -1.17. The molecule has 5 atom stereocenters. The maximum atomic E-state index is 12.2. The van der Waals surface area contributed by atoms with Crippen LogP contribution in [-0.2, 0) is 19.1 Å². The van der Waals surface area contributed by atoms with E-state index in [0.717, 1.165) is 0 Å². The van der Waals surface area contributed by atoms with E-state index in [1.54, 1.807) is 6.92 Å². The number of methoxy groups -OCH3 is 1. The Bertz CT molecular complexity index is 722. The molecule has 5 N–H and O–H groups in total. The number of nitrogens with one attached hydrogen (secondary N) is 1. The van der Waals surface area contributed by atoms with Crippen molar-refractivity contribution >= 4 is 17.7 Å². The second-order valence-electron chi connectivity index (χ2n) is 6.07. The van der Waals surface area contributed by atoms with Crippen molar-refractivity contribution in [1.29, 1.82) is 0 Å². The van der Waals surface area contributed by atoms with Crippen LogP contribution in [-0.4, -0.2) is 63.6 Å². The summed E-state index contributed by atoms with van der Waals surface area (Å²) in [5.41, 5.74) is 4.59. The van der Waals surface area contributed by atoms with E-state index in [-0.39, 0.29) is 18.3 Å². The highest BCUT2D eigenvalue weighted by molar-refractivity contribution is 5.93. The second kappa shape index (κ2) is 8.36. The van der Waals surface area contributed by atoms with Crippen LogP contribution in [0.1, 0.15) is 19.6 Å². The molecule has 0 aliphatic carbocycles. The first-order chi connectivity index (χ1) is 12.2. The number of carboxylic acid groups (broad SMARTS) is 1. The molecule has 2 rings (SSSR count). The van der Waals surface area contributed by atoms with Crippen molar-refractivity contribution in [3.8, 4) is 0 Å². The van der Waals surface area contributed by atoms with Crippen LogP contribution in [0.15, 0.2) is 17.1 Å². The number of carbonyl (C=O) groups is 2. The van der Waals surface area contributed by atoms with Gasteiger partial charge < -0.3 is 30.7 Å². The van der Waals surface area contributed by atoms with E-state index >= 15 is 0 Å². The van der Waals surface area contributed by atoms with Crippen LogP contribution in [0.5, 0.6) is 0 Å². The average Bonchev–Trinajstić information content (AvgIpc) is 2.83. The normalized spacial score (nSPS) is 26.5. The Balaban J connectivity index is 2.09. The van der Waals surface area contributed by atoms with Crippen molar-refractivity contribution in [3.05, 3.63) is 22.7 Å². The number of hydrogen-bond acceptors (Lipinski definition) is 8. The van der Waals surface area contributed by atoms with Crippen LogP contribution < -0.4 is 16.7 Å². The van der Waals surface area contributed by atoms with Gasteiger partial charge in [-0.1, -0.05) is 6.92 Å². The quantitative estimate of drug-likeness (QED) is 0.448. The molecule has 0 radical (unpaired) electrons. The predicted molar refractivity (Wildman–Crippen MR) is 88.3 cm³/mol. The molecule has 1 aliphatic heterocycles. The van der Waals surface area contributed by atoms with Crippen molar-refractivity contribution in [2.45, 2.75) is 37.8 Å². The number of rotatable bonds is 7. The highest BCUT2D eigenvalue weighted by Crippen LogP contribution is 2.33. The molecule has 11 heteroatoms. The fourth-order valence-electron chi connectivity index (χ4n) is 2.67. The van der Waals surface area contributed by atoms with Crippen LogP contribution in [0, 0.1) is 5.92 Å². The number of amides is 1. The van der Waals surface area contributed by atoms with Crippen LogP contribution in [0.25, 0.3) is 0 Å². The van der Waals surface area contributed by atoms with Crippen LogP contribution >= 0.6 is 0 Å². The Kier molecular flexibility index (Phi) is 6.42. The summed E-state index contributed by atoms with van der Waals surface area (Å²) < 4.78 is 11.9. The van der Waals surface area contributed by atoms with Gasteiger partial charge >= 0.3 is 11.7 Å². The Morgan fingerprint density at radius 2 is 2.23 bits per heavy atom. The van der Waals surface area contributed by atoms with Gasteiger partial charge in [0.2, 0.25) is 5.91 Å². The summed E-state index contributed by atoms with van der Waals surface area (Å²) in [5, 5.41) is 21.2. The van der Waals surface area contributed by atoms with Gasteiger partial charge in [-0.3, -0.25) is 14.2 Å². The maximum Gasteiger partial charge on any atom is 0.351 e. The summed E-state index contributed by atoms with van der Waals surface area (Å²) in [6, 6.07) is 0.0276. The summed E-state index contributed by atoms with van der Waals surface area (Å²) in [6.45, 7) is 1.92. The fourth-order valence-corrected chi connectivity index (χ4v) is 2.67. The number of aliphatic hydroxyl groups excluding tert-OH is 1. The first kappa shape index (κ1) is 20.0. The number of nitrogens with zero attached hydrogens (tertiary/aromatic N) is 2. The first-order valence-electron chi connectivity index (χ1n) is 7.94. The van der Waals surface area contributed by atoms with E-state index in [4.69, 9.17) is 20.3 Å². The highest BCUT2D eigenvalue weighted by atomic mass is 16.6. The van der Waals surface area contributed by atoms with Gasteiger partial charge in [0.25, 0.3) is 0 Å². The summed E-state index contributed by atoms with van der Waals surface area (Å²) in [4.78, 5) is 38.3. The highest BCUT2D eigenvalue weighted by Gasteiger charge is 2.42. The van der Waals surface area contributed by atoms with E-state index in [2.05, 4.69) is 10.3 Å². The summed E-state index contributed by atoms with van der Waals surface area (Å²) in [7, 11) is 1.48. The summed E-state index contributed by atoms with van der Waals surface area (Å²) in [5.74, 6) is -2.39. The smallest absolute Gasteiger partial charge is 0.351 e. The Labute approximate surface area is 148 Å². The first-order valence-corrected chi connectivity index (χ1v) is 7.94. The number of aliphatic carboxylic acids is 1. The Morgan fingerprint density at radius 3 is 2.81 bits per heavy atom. The lowest BCUT2D eigenvalue weighted by atomic mass is 10.0. The van der Waals surface area contributed by atoms with Gasteiger partial charge in [-0.05, 0) is 6.07 Å². The Morgan fingerprint density at radius 1 is 1.54 bits per heavy atom. The number of anilines is 1. The molecular formula is C15H22N4O7. The van der Waals surface area contributed by atoms with Gasteiger partial charge in [0.15, 0.2) is 0 Å². The van der Waals surface area contributed by atoms with E-state index in [0.29, 0.717) is 0 Å². The van der Waals surface area contributed by atoms with Crippen LogP contribution in [0.2, 0.25) is 0 Å². The molecule has 1 aromatic rings. The average molecular weight is 370 g/mol. The zero-order chi connectivity index (χ0) is 19.4. The molecule has 11 nitrogen and oxygen atoms in total. The SMILES string of the molecule is COC[C@H]1O[C@@H](n2ccc(NC(=O)C[C@H](N)C(=O)O)nc2=O)[C@H](C)C1O. The van der Waals surface area contributed by atoms with Crippen LogP contribution in [0.3, 0.4) is 0 Å². The van der Waals surface area contributed by atoms with Gasteiger partial charge in [-0.15, -0.1) is 0 Å². The zero-order valence-corrected chi connectivity index (χ0v) is 14.4. The lowest BCUT2D eigenvalue weighted by Gasteiger charge is -2.18. The van der Waals surface area contributed by atoms with E-state index in [1.165, 1.54) is 23.9 Å². The van der Waals surface area contributed by atoms with Gasteiger partial charge in [0.1, 0.15) is 24.2 Å². The molecule has 2 heterocycles. The van der Waals surface area contributed by atoms with Gasteiger partial charge in [0.05, 0.1) is 19.1 Å². The lowest BCUT2D eigenvalue weighted by Crippen LogP contribution is -2.35. The molecule has 1 unspecified atom stereocenters. The van der Waals surface area contributed by atoms with E-state index < -0.39 is 48.5 Å². The molecular weight excluding hydrogens is 348 g/mol. The van der Waals surface area contributed by atoms with Crippen molar-refractivity contribution in [3.63, 3.8) is 0 Å². The van der Waals surface area contributed by atoms with Crippen LogP contribution in [0.4, 0.5) is 5.82 Å². The number of aliphatic hydroxyl groups is 1. The van der Waals surface area contributed by atoms with Crippen molar-refractivity contribution in [2.75, 3.05) is 19.0 Å². The molecule has 1 aliphatic rings. The van der Waals surface area contributed by atoms with Gasteiger partial charge in [-0.2, -0.15) is 4.98 Å². The second-order valence-corrected chi connectivity index (χ2v) is 6.07. The molecule has 0 bridgehead atoms. The molecule has 144 valence electrons. The van der Waals surface area contributed by atoms with Crippen molar-refractivity contribution in [1.82, 2.24) is 9.55 Å². The van der Waals surface area contributed by atoms with Gasteiger partial charge in [0, 0.05) is 19.2 Å². The van der Waals surface area contributed by atoms with Crippen molar-refractivity contribution in [2.24, 2.45) is 11.7 Å². The molecule has 0 spiro atoms. The third-order valence-corrected chi connectivity index (χ3v) is 4.11. The minimum atomic E-state index is -1.35. The number of carboxylic acids is 1. The molecule has 1 aromatic heterocycles. The number of hydrogen-bond donors (Lipinski definition) is 4. The number of ether oxygens (including phenoxy) is 2. The third-order valence-electron chi connectivity index (χ3n) is 4.11. The summed E-state index contributed by atoms with van der Waals surface area (Å²) >= 11 is 0. The molecule has 0 saturated carbocycles. The largest absolute Gasteiger partial charge is 0.480 e. The van der Waals surface area contributed by atoms with E-state index in [9.17, 15) is 19.5 Å². The maximum absolute atomic E-state index is 12.2. The molecule has 0 aromatic carbocycles. The molecule has 1 fully saturated rings. The van der Waals surface area contributed by atoms with Crippen molar-refractivity contribution < 1.29 is 29.3 Å². The Hall–Kier alpha value is -2.34. The fraction of sp³-hybridized carbons (Fsp3) is 0.600. The minimum Gasteiger partial charge on any atom is -0.480 e. The topological polar surface area (TPSA) is 166 Å².